The third-order valence-corrected chi connectivity index (χ3v) is 6.27. The van der Waals surface area contributed by atoms with E-state index in [-0.39, 0.29) is 33.7 Å². The number of carbonyl (C=O) groups is 1. The Bertz CT molecular complexity index is 824. The van der Waals surface area contributed by atoms with Crippen molar-refractivity contribution < 1.29 is 19.7 Å². The fourth-order valence-corrected chi connectivity index (χ4v) is 4.93. The van der Waals surface area contributed by atoms with Gasteiger partial charge in [-0.25, -0.2) is 0 Å². The molecule has 0 saturated heterocycles. The Kier molecular flexibility index (Phi) is 5.17. The van der Waals surface area contributed by atoms with E-state index in [1.165, 1.54) is 8.70 Å². The molecule has 1 heterocycles. The maximum absolute atomic E-state index is 11.7. The number of hydrogen-bond acceptors (Lipinski definition) is 4. The molecule has 0 amide bonds. The summed E-state index contributed by atoms with van der Waals surface area (Å²) in [5.74, 6) is -0.307. The zero-order valence-electron chi connectivity index (χ0n) is 13.3. The summed E-state index contributed by atoms with van der Waals surface area (Å²) in [5, 5.41) is 19.9. The SMILES string of the molecule is CCOC(=O)c1ccc(-c2cc3cc(CO)c(CO)cc3[se]2)cc1. The van der Waals surface area contributed by atoms with Crippen LogP contribution in [0.1, 0.15) is 28.4 Å². The second-order valence-corrected chi connectivity index (χ2v) is 7.66. The molecule has 2 N–H and O–H groups in total. The van der Waals surface area contributed by atoms with E-state index in [9.17, 15) is 15.0 Å². The predicted octanol–water partition coefficient (Wildman–Crippen LogP) is 2.73. The van der Waals surface area contributed by atoms with Crippen LogP contribution in [0.4, 0.5) is 0 Å². The molecule has 4 nitrogen and oxygen atoms in total. The second-order valence-electron chi connectivity index (χ2n) is 5.38. The van der Waals surface area contributed by atoms with Gasteiger partial charge in [-0.2, -0.15) is 0 Å². The van der Waals surface area contributed by atoms with Crippen LogP contribution in [0.2, 0.25) is 0 Å². The van der Waals surface area contributed by atoms with Crippen molar-refractivity contribution in [2.75, 3.05) is 6.61 Å². The molecule has 0 aliphatic carbocycles. The summed E-state index contributed by atoms with van der Waals surface area (Å²) in [6, 6.07) is 13.5. The van der Waals surface area contributed by atoms with Gasteiger partial charge < -0.3 is 0 Å². The number of ether oxygens (including phenoxy) is 1. The van der Waals surface area contributed by atoms with Gasteiger partial charge in [-0.3, -0.25) is 0 Å². The number of fused-ring (bicyclic) bond motifs is 1. The predicted molar refractivity (Wildman–Crippen MR) is 94.1 cm³/mol. The van der Waals surface area contributed by atoms with Gasteiger partial charge in [0.25, 0.3) is 0 Å². The minimum atomic E-state index is -0.307. The Morgan fingerprint density at radius 1 is 1.04 bits per heavy atom. The molecule has 0 bridgehead atoms. The van der Waals surface area contributed by atoms with Crippen LogP contribution in [-0.4, -0.2) is 37.3 Å². The van der Waals surface area contributed by atoms with Crippen LogP contribution in [-0.2, 0) is 18.0 Å². The summed E-state index contributed by atoms with van der Waals surface area (Å²) in [6.45, 7) is 2.01. The van der Waals surface area contributed by atoms with Crippen molar-refractivity contribution in [2.24, 2.45) is 0 Å². The van der Waals surface area contributed by atoms with Crippen LogP contribution in [0.15, 0.2) is 42.5 Å². The van der Waals surface area contributed by atoms with Crippen molar-refractivity contribution >= 4 is 30.1 Å². The number of aliphatic hydroxyl groups is 2. The van der Waals surface area contributed by atoms with E-state index in [4.69, 9.17) is 4.74 Å². The number of hydrogen-bond donors (Lipinski definition) is 2. The van der Waals surface area contributed by atoms with Gasteiger partial charge in [0.15, 0.2) is 0 Å². The molecular weight excluding hydrogens is 371 g/mol. The Balaban J connectivity index is 1.96. The summed E-state index contributed by atoms with van der Waals surface area (Å²) >= 11 is 0.138. The molecule has 5 heteroatoms. The van der Waals surface area contributed by atoms with Gasteiger partial charge in [0, 0.05) is 0 Å². The zero-order valence-corrected chi connectivity index (χ0v) is 15.0. The molecule has 0 fully saturated rings. The molecule has 2 aromatic carbocycles. The van der Waals surface area contributed by atoms with Crippen LogP contribution >= 0.6 is 0 Å². The number of benzene rings is 2. The van der Waals surface area contributed by atoms with Crippen molar-refractivity contribution in [3.8, 4) is 10.0 Å². The molecule has 0 unspecified atom stereocenters. The fourth-order valence-electron chi connectivity index (χ4n) is 2.60. The third kappa shape index (κ3) is 3.30. The normalized spacial score (nSPS) is 11.0. The van der Waals surface area contributed by atoms with E-state index in [2.05, 4.69) is 6.07 Å². The molecular formula is C19H18O4Se. The number of aliphatic hydroxyl groups excluding tert-OH is 2. The molecule has 3 aromatic rings. The molecule has 0 aliphatic rings. The van der Waals surface area contributed by atoms with Crippen molar-refractivity contribution in [3.05, 3.63) is 59.2 Å². The van der Waals surface area contributed by atoms with Gasteiger partial charge in [-0.15, -0.1) is 0 Å². The first-order chi connectivity index (χ1) is 11.7. The van der Waals surface area contributed by atoms with Crippen LogP contribution in [0, 0.1) is 0 Å². The molecule has 3 rings (SSSR count). The standard InChI is InChI=1S/C19H18O4Se/c1-2-23-19(22)13-5-3-12(4-6-13)17-8-14-7-15(10-20)16(11-21)9-18(14)24-17/h3-9,20-21H,2,10-11H2,1H3. The molecule has 1 aromatic heterocycles. The molecule has 0 aliphatic heterocycles. The molecule has 0 spiro atoms. The molecule has 24 heavy (non-hydrogen) atoms. The Labute approximate surface area is 146 Å². The topological polar surface area (TPSA) is 66.8 Å². The first-order valence-corrected chi connectivity index (χ1v) is 9.42. The van der Waals surface area contributed by atoms with Gasteiger partial charge in [0.05, 0.1) is 0 Å². The van der Waals surface area contributed by atoms with Gasteiger partial charge in [-0.05, 0) is 0 Å². The zero-order chi connectivity index (χ0) is 17.1. The average molecular weight is 389 g/mol. The summed E-state index contributed by atoms with van der Waals surface area (Å²) in [7, 11) is 0. The first kappa shape index (κ1) is 16.9. The van der Waals surface area contributed by atoms with E-state index >= 15 is 0 Å². The fraction of sp³-hybridized carbons (Fsp3) is 0.211. The second kappa shape index (κ2) is 7.32. The van der Waals surface area contributed by atoms with Crippen LogP contribution in [0.3, 0.4) is 0 Å². The molecule has 124 valence electrons. The number of esters is 1. The van der Waals surface area contributed by atoms with Crippen LogP contribution < -0.4 is 0 Å². The Morgan fingerprint density at radius 2 is 1.71 bits per heavy atom. The summed E-state index contributed by atoms with van der Waals surface area (Å²) in [6.07, 6.45) is 0. The van der Waals surface area contributed by atoms with Crippen molar-refractivity contribution in [3.63, 3.8) is 0 Å². The molecule has 0 saturated carbocycles. The van der Waals surface area contributed by atoms with E-state index < -0.39 is 0 Å². The molecule has 0 atom stereocenters. The van der Waals surface area contributed by atoms with Crippen LogP contribution in [0.25, 0.3) is 19.6 Å². The average Bonchev–Trinajstić information content (AvgIpc) is 3.03. The minimum absolute atomic E-state index is 0.0666. The van der Waals surface area contributed by atoms with Crippen LogP contribution in [0.5, 0.6) is 0 Å². The van der Waals surface area contributed by atoms with Gasteiger partial charge >= 0.3 is 146 Å². The monoisotopic (exact) mass is 390 g/mol. The van der Waals surface area contributed by atoms with Gasteiger partial charge in [-0.1, -0.05) is 0 Å². The number of rotatable bonds is 5. The quantitative estimate of drug-likeness (QED) is 0.520. The van der Waals surface area contributed by atoms with E-state index in [1.54, 1.807) is 19.1 Å². The first-order valence-electron chi connectivity index (χ1n) is 7.71. The van der Waals surface area contributed by atoms with Crippen molar-refractivity contribution in [2.45, 2.75) is 20.1 Å². The van der Waals surface area contributed by atoms with Gasteiger partial charge in [0.1, 0.15) is 0 Å². The van der Waals surface area contributed by atoms with Crippen molar-refractivity contribution in [1.82, 2.24) is 0 Å². The summed E-state index contributed by atoms with van der Waals surface area (Å²) in [4.78, 5) is 11.7. The Morgan fingerprint density at radius 3 is 2.33 bits per heavy atom. The summed E-state index contributed by atoms with van der Waals surface area (Å²) in [5.41, 5.74) is 3.18. The van der Waals surface area contributed by atoms with E-state index in [0.717, 1.165) is 22.1 Å². The van der Waals surface area contributed by atoms with E-state index in [1.807, 2.05) is 24.3 Å². The van der Waals surface area contributed by atoms with E-state index in [0.29, 0.717) is 12.2 Å². The third-order valence-electron chi connectivity index (χ3n) is 3.86. The number of carbonyl (C=O) groups excluding carboxylic acids is 1. The van der Waals surface area contributed by atoms with Gasteiger partial charge in [0.2, 0.25) is 0 Å². The maximum atomic E-state index is 11.7. The Hall–Kier alpha value is -1.91. The summed E-state index contributed by atoms with van der Waals surface area (Å²) < 4.78 is 7.41. The van der Waals surface area contributed by atoms with Crippen molar-refractivity contribution in [1.29, 1.82) is 0 Å². The molecule has 0 radical (unpaired) electrons.